The van der Waals surface area contributed by atoms with Crippen molar-refractivity contribution in [2.45, 2.75) is 20.4 Å². The van der Waals surface area contributed by atoms with E-state index in [4.69, 9.17) is 4.74 Å². The van der Waals surface area contributed by atoms with Gasteiger partial charge in [-0.15, -0.1) is 0 Å². The summed E-state index contributed by atoms with van der Waals surface area (Å²) in [5.41, 5.74) is 2.07. The van der Waals surface area contributed by atoms with Crippen LogP contribution in [0.1, 0.15) is 16.7 Å². The lowest BCUT2D eigenvalue weighted by Gasteiger charge is -2.14. The van der Waals surface area contributed by atoms with Crippen molar-refractivity contribution < 1.29 is 9.13 Å². The van der Waals surface area contributed by atoms with Gasteiger partial charge in [0.25, 0.3) is 11.3 Å². The van der Waals surface area contributed by atoms with Crippen LogP contribution in [0, 0.1) is 30.5 Å². The molecule has 0 bridgehead atoms. The predicted octanol–water partition coefficient (Wildman–Crippen LogP) is 2.60. The second-order valence-electron chi connectivity index (χ2n) is 7.34. The van der Waals surface area contributed by atoms with Crippen LogP contribution in [0.25, 0.3) is 0 Å². The third-order valence-electron chi connectivity index (χ3n) is 5.14. The van der Waals surface area contributed by atoms with Gasteiger partial charge in [-0.3, -0.25) is 14.0 Å². The quantitative estimate of drug-likeness (QED) is 0.521. The molecule has 0 unspecified atom stereocenters. The molecule has 30 heavy (non-hydrogen) atoms. The summed E-state index contributed by atoms with van der Waals surface area (Å²) in [4.78, 5) is 30.3. The highest BCUT2D eigenvalue weighted by atomic mass is 19.1. The van der Waals surface area contributed by atoms with Gasteiger partial charge in [0, 0.05) is 14.1 Å². The average molecular weight is 408 g/mol. The van der Waals surface area contributed by atoms with E-state index in [0.717, 1.165) is 16.7 Å². The van der Waals surface area contributed by atoms with Crippen molar-refractivity contribution in [1.82, 2.24) is 18.9 Å². The Balaban J connectivity index is 1.86. The number of hydrogen-bond donors (Lipinski definition) is 0. The smallest absolute Gasteiger partial charge is 0.344 e. The minimum atomic E-state index is -0.406. The number of halogens is 1. The average Bonchev–Trinajstić information content (AvgIpc) is 3.04. The van der Waals surface area contributed by atoms with Gasteiger partial charge in [-0.1, -0.05) is 24.3 Å². The van der Waals surface area contributed by atoms with Gasteiger partial charge in [-0.2, -0.15) is 4.98 Å². The fourth-order valence-corrected chi connectivity index (χ4v) is 3.37. The van der Waals surface area contributed by atoms with Crippen LogP contribution in [-0.2, 0) is 20.6 Å². The Kier molecular flexibility index (Phi) is 4.77. The summed E-state index contributed by atoms with van der Waals surface area (Å²) < 4.78 is 23.2. The Morgan fingerprint density at radius 1 is 1.03 bits per heavy atom. The van der Waals surface area contributed by atoms with Crippen LogP contribution in [0.5, 0.6) is 11.6 Å². The summed E-state index contributed by atoms with van der Waals surface area (Å²) in [6.45, 7) is 3.99. The first-order valence-corrected chi connectivity index (χ1v) is 9.42. The number of aryl methyl sites for hydroxylation is 2. The van der Waals surface area contributed by atoms with Crippen LogP contribution in [0.15, 0.2) is 52.1 Å². The van der Waals surface area contributed by atoms with E-state index in [1.165, 1.54) is 26.1 Å². The minimum Gasteiger partial charge on any atom is -0.435 e. The lowest BCUT2D eigenvalue weighted by Crippen LogP contribution is -2.37. The molecular formula is C22H21FN4O3. The van der Waals surface area contributed by atoms with Gasteiger partial charge in [0.1, 0.15) is 11.6 Å². The molecule has 7 nitrogen and oxygen atoms in total. The molecule has 2 aromatic rings. The highest BCUT2D eigenvalue weighted by Gasteiger charge is 2.18. The molecular weight excluding hydrogens is 387 g/mol. The van der Waals surface area contributed by atoms with E-state index in [1.807, 2.05) is 32.0 Å². The molecule has 2 heterocycles. The molecule has 154 valence electrons. The zero-order chi connectivity index (χ0) is 21.6. The Morgan fingerprint density at radius 2 is 1.73 bits per heavy atom. The van der Waals surface area contributed by atoms with Gasteiger partial charge in [0.05, 0.1) is 6.54 Å². The van der Waals surface area contributed by atoms with Crippen LogP contribution in [0.4, 0.5) is 4.39 Å². The number of nitrogens with zero attached hydrogens (tertiary/aromatic N) is 4. The van der Waals surface area contributed by atoms with E-state index in [1.54, 1.807) is 26.2 Å². The topological polar surface area (TPSA) is 71.1 Å². The fraction of sp³-hybridized carbons (Fsp3) is 0.227. The van der Waals surface area contributed by atoms with Gasteiger partial charge in [0.15, 0.2) is 10.8 Å². The maximum atomic E-state index is 13.2. The minimum absolute atomic E-state index is 0.0798. The van der Waals surface area contributed by atoms with E-state index in [0.29, 0.717) is 5.75 Å². The van der Waals surface area contributed by atoms with Crippen molar-refractivity contribution in [2.24, 2.45) is 14.1 Å². The van der Waals surface area contributed by atoms with E-state index < -0.39 is 5.43 Å². The molecule has 2 aliphatic rings. The number of hydrogen-bond acceptors (Lipinski definition) is 4. The van der Waals surface area contributed by atoms with E-state index in [9.17, 15) is 14.0 Å². The second kappa shape index (κ2) is 7.29. The molecule has 0 fully saturated rings. The third-order valence-corrected chi connectivity index (χ3v) is 5.14. The summed E-state index contributed by atoms with van der Waals surface area (Å²) >= 11 is 0. The summed E-state index contributed by atoms with van der Waals surface area (Å²) in [5.74, 6) is 0.109. The molecule has 8 heteroatoms. The molecule has 0 saturated heterocycles. The van der Waals surface area contributed by atoms with Crippen molar-refractivity contribution in [3.63, 3.8) is 0 Å². The Morgan fingerprint density at radius 3 is 2.43 bits per heavy atom. The Hall–Kier alpha value is -3.68. The Bertz CT molecular complexity index is 1430. The van der Waals surface area contributed by atoms with Gasteiger partial charge in [-0.25, -0.2) is 13.9 Å². The maximum absolute atomic E-state index is 13.2. The van der Waals surface area contributed by atoms with Crippen LogP contribution in [0.2, 0.25) is 0 Å². The number of aromatic nitrogens is 4. The van der Waals surface area contributed by atoms with Crippen molar-refractivity contribution in [2.75, 3.05) is 0 Å². The van der Waals surface area contributed by atoms with E-state index >= 15 is 0 Å². The molecule has 0 aromatic heterocycles. The molecule has 0 amide bonds. The van der Waals surface area contributed by atoms with E-state index in [2.05, 4.69) is 4.98 Å². The van der Waals surface area contributed by atoms with Crippen molar-refractivity contribution >= 4 is 0 Å². The first kappa shape index (κ1) is 19.6. The highest BCUT2D eigenvalue weighted by molar-refractivity contribution is 5.38. The number of rotatable bonds is 4. The molecule has 4 rings (SSSR count). The first-order valence-electron chi connectivity index (χ1n) is 9.42. The monoisotopic (exact) mass is 408 g/mol. The first-order chi connectivity index (χ1) is 14.3. The standard InChI is InChI=1S/C22H21FN4O3/c1-13-5-6-14(2)17(11-13)30-21-19(28)18-20(24-21)25(3)22(29)27(26(18)4)12-15-7-9-16(23)10-8-15/h5-11H,12H2,1-4H3. The molecule has 0 spiro atoms. The van der Waals surface area contributed by atoms with Crippen molar-refractivity contribution in [3.05, 3.63) is 96.5 Å². The van der Waals surface area contributed by atoms with Crippen LogP contribution < -0.4 is 15.9 Å². The van der Waals surface area contributed by atoms with Gasteiger partial charge in [-0.05, 0) is 48.7 Å². The zero-order valence-corrected chi connectivity index (χ0v) is 17.1. The van der Waals surface area contributed by atoms with Crippen LogP contribution in [-0.4, -0.2) is 18.9 Å². The normalized spacial score (nSPS) is 11.2. The molecule has 0 radical (unpaired) electrons. The maximum Gasteiger partial charge on any atom is 0.344 e. The Labute approximate surface area is 171 Å². The zero-order valence-electron chi connectivity index (χ0n) is 17.1. The van der Waals surface area contributed by atoms with Crippen LogP contribution >= 0.6 is 0 Å². The molecule has 2 aromatic carbocycles. The van der Waals surface area contributed by atoms with Gasteiger partial charge < -0.3 is 4.74 Å². The van der Waals surface area contributed by atoms with E-state index in [-0.39, 0.29) is 34.8 Å². The lowest BCUT2D eigenvalue weighted by atomic mass is 10.1. The predicted molar refractivity (Wildman–Crippen MR) is 110 cm³/mol. The summed E-state index contributed by atoms with van der Waals surface area (Å²) in [6, 6.07) is 11.6. The molecule has 0 atom stereocenters. The molecule has 0 N–H and O–H groups in total. The number of benzene rings is 2. The van der Waals surface area contributed by atoms with Gasteiger partial charge in [0.2, 0.25) is 0 Å². The van der Waals surface area contributed by atoms with Crippen molar-refractivity contribution in [1.29, 1.82) is 0 Å². The summed E-state index contributed by atoms with van der Waals surface area (Å²) in [6.07, 6.45) is 0. The summed E-state index contributed by atoms with van der Waals surface area (Å²) in [7, 11) is 3.18. The summed E-state index contributed by atoms with van der Waals surface area (Å²) in [5, 5.41) is 0.250. The number of ether oxygens (including phenoxy) is 1. The molecule has 0 aliphatic carbocycles. The fourth-order valence-electron chi connectivity index (χ4n) is 3.37. The largest absolute Gasteiger partial charge is 0.435 e. The van der Waals surface area contributed by atoms with Crippen LogP contribution in [0.3, 0.4) is 0 Å². The second-order valence-corrected chi connectivity index (χ2v) is 7.34. The molecule has 0 saturated carbocycles. The highest BCUT2D eigenvalue weighted by Crippen LogP contribution is 2.23. The van der Waals surface area contributed by atoms with Crippen molar-refractivity contribution in [3.8, 4) is 11.6 Å². The molecule has 2 aliphatic heterocycles. The van der Waals surface area contributed by atoms with Gasteiger partial charge >= 0.3 is 5.69 Å². The SMILES string of the molecule is Cc1ccc(C)c(Oc2nc3n(C)c(=O)n(Cc4ccc(F)cc4)n(C)c=3c2=O)c1. The third kappa shape index (κ3) is 3.30. The lowest BCUT2D eigenvalue weighted by molar-refractivity contribution is 0.452.